The number of hydrogen-bond donors (Lipinski definition) is 0. The smallest absolute Gasteiger partial charge is 0.389 e. The van der Waals surface area contributed by atoms with Gasteiger partial charge >= 0.3 is 12.1 Å². The zero-order valence-electron chi connectivity index (χ0n) is 10.7. The summed E-state index contributed by atoms with van der Waals surface area (Å²) in [7, 11) is 0. The monoisotopic (exact) mass is 286 g/mol. The Kier molecular flexibility index (Phi) is 10.3. The van der Waals surface area contributed by atoms with Gasteiger partial charge in [0.05, 0.1) is 0 Å². The largest absolute Gasteiger partial charge is 0.465 e. The van der Waals surface area contributed by atoms with Crippen LogP contribution in [0.3, 0.4) is 0 Å². The number of rotatable bonds is 10. The van der Waals surface area contributed by atoms with E-state index in [1.807, 2.05) is 0 Å². The number of halogens is 3. The Labute approximate surface area is 111 Å². The molecule has 0 fully saturated rings. The van der Waals surface area contributed by atoms with Gasteiger partial charge in [0.25, 0.3) is 0 Å². The average Bonchev–Trinajstić information content (AvgIpc) is 2.26. The van der Waals surface area contributed by atoms with Crippen LogP contribution in [0.25, 0.3) is 0 Å². The third-order valence-corrected chi connectivity index (χ3v) is 3.26. The predicted molar refractivity (Wildman–Crippen MR) is 67.7 cm³/mol. The quantitative estimate of drug-likeness (QED) is 0.445. The van der Waals surface area contributed by atoms with Crippen LogP contribution in [0.1, 0.15) is 45.4 Å². The molecule has 0 saturated carbocycles. The van der Waals surface area contributed by atoms with E-state index in [1.54, 1.807) is 0 Å². The normalized spacial score (nSPS) is 11.6. The average molecular weight is 286 g/mol. The third kappa shape index (κ3) is 13.7. The summed E-state index contributed by atoms with van der Waals surface area (Å²) in [5.74, 6) is 0.809. The van der Waals surface area contributed by atoms with E-state index in [0.29, 0.717) is 24.5 Å². The highest BCUT2D eigenvalue weighted by Crippen LogP contribution is 2.22. The molecule has 0 aliphatic carbocycles. The van der Waals surface area contributed by atoms with Gasteiger partial charge in [-0.15, -0.1) is 0 Å². The summed E-state index contributed by atoms with van der Waals surface area (Å²) in [6.45, 7) is 2.35. The molecule has 0 spiro atoms. The van der Waals surface area contributed by atoms with E-state index in [4.69, 9.17) is 4.74 Å². The maximum atomic E-state index is 11.8. The zero-order chi connectivity index (χ0) is 13.9. The van der Waals surface area contributed by atoms with Crippen molar-refractivity contribution in [3.8, 4) is 0 Å². The van der Waals surface area contributed by atoms with E-state index < -0.39 is 12.6 Å². The molecule has 0 N–H and O–H groups in total. The number of unbranched alkanes of at least 4 members (excludes halogenated alkanes) is 2. The molecular formula is C12H21F3O2S. The van der Waals surface area contributed by atoms with Crippen molar-refractivity contribution < 1.29 is 22.7 Å². The van der Waals surface area contributed by atoms with Crippen LogP contribution < -0.4 is 0 Å². The molecule has 0 aromatic heterocycles. The molecule has 0 saturated heterocycles. The maximum Gasteiger partial charge on any atom is 0.389 e. The van der Waals surface area contributed by atoms with E-state index in [-0.39, 0.29) is 12.4 Å². The highest BCUT2D eigenvalue weighted by molar-refractivity contribution is 7.99. The molecule has 0 aromatic carbocycles. The minimum absolute atomic E-state index is 0.124. The minimum Gasteiger partial charge on any atom is -0.465 e. The first-order valence-corrected chi connectivity index (χ1v) is 7.41. The molecule has 0 aliphatic rings. The number of carbonyl (C=O) groups is 1. The maximum absolute atomic E-state index is 11.8. The van der Waals surface area contributed by atoms with Crippen molar-refractivity contribution in [3.63, 3.8) is 0 Å². The Hall–Kier alpha value is -0.390. The van der Waals surface area contributed by atoms with Gasteiger partial charge in [0.1, 0.15) is 6.61 Å². The summed E-state index contributed by atoms with van der Waals surface area (Å²) >= 11 is 1.39. The Bertz CT molecular complexity index is 220. The van der Waals surface area contributed by atoms with Crippen LogP contribution in [0.4, 0.5) is 13.2 Å². The fourth-order valence-corrected chi connectivity index (χ4v) is 2.04. The van der Waals surface area contributed by atoms with Crippen molar-refractivity contribution in [1.82, 2.24) is 0 Å². The van der Waals surface area contributed by atoms with Gasteiger partial charge in [-0.05, 0) is 18.6 Å². The van der Waals surface area contributed by atoms with Crippen LogP contribution >= 0.6 is 11.8 Å². The van der Waals surface area contributed by atoms with Crippen LogP contribution in [0.2, 0.25) is 0 Å². The van der Waals surface area contributed by atoms with Crippen molar-refractivity contribution >= 4 is 17.7 Å². The second-order valence-electron chi connectivity index (χ2n) is 4.01. The van der Waals surface area contributed by atoms with Gasteiger partial charge in [0, 0.05) is 18.6 Å². The molecule has 0 unspecified atom stereocenters. The molecule has 18 heavy (non-hydrogen) atoms. The van der Waals surface area contributed by atoms with Crippen LogP contribution in [-0.4, -0.2) is 30.3 Å². The summed E-state index contributed by atoms with van der Waals surface area (Å²) in [5, 5.41) is 0. The highest BCUT2D eigenvalue weighted by atomic mass is 32.2. The second-order valence-corrected chi connectivity index (χ2v) is 5.23. The van der Waals surface area contributed by atoms with Crippen LogP contribution in [-0.2, 0) is 9.53 Å². The molecule has 0 bridgehead atoms. The summed E-state index contributed by atoms with van der Waals surface area (Å²) in [4.78, 5) is 11.2. The summed E-state index contributed by atoms with van der Waals surface area (Å²) in [5.41, 5.74) is 0. The molecule has 0 amide bonds. The fraction of sp³-hybridized carbons (Fsp3) is 0.917. The topological polar surface area (TPSA) is 26.3 Å². The first kappa shape index (κ1) is 17.6. The van der Waals surface area contributed by atoms with Gasteiger partial charge in [-0.3, -0.25) is 4.79 Å². The van der Waals surface area contributed by atoms with Gasteiger partial charge in [0.15, 0.2) is 0 Å². The molecule has 0 aromatic rings. The molecule has 0 aliphatic heterocycles. The van der Waals surface area contributed by atoms with E-state index in [2.05, 4.69) is 6.92 Å². The Morgan fingerprint density at radius 2 is 1.89 bits per heavy atom. The van der Waals surface area contributed by atoms with E-state index in [1.165, 1.54) is 11.8 Å². The standard InChI is InChI=1S/C12H21F3O2S/c1-2-3-4-6-11(16)17-8-10-18-9-5-7-12(13,14)15/h2-10H2,1H3. The lowest BCUT2D eigenvalue weighted by molar-refractivity contribution is -0.143. The third-order valence-electron chi connectivity index (χ3n) is 2.22. The molecule has 0 radical (unpaired) electrons. The molecule has 0 rings (SSSR count). The molecule has 0 heterocycles. The number of esters is 1. The van der Waals surface area contributed by atoms with Crippen LogP contribution in [0.15, 0.2) is 0 Å². The molecule has 108 valence electrons. The Morgan fingerprint density at radius 1 is 1.17 bits per heavy atom. The SMILES string of the molecule is CCCCCC(=O)OCCSCCCC(F)(F)F. The lowest BCUT2D eigenvalue weighted by Gasteiger charge is -2.06. The van der Waals surface area contributed by atoms with Crippen molar-refractivity contribution in [2.75, 3.05) is 18.1 Å². The van der Waals surface area contributed by atoms with Crippen molar-refractivity contribution in [2.45, 2.75) is 51.6 Å². The van der Waals surface area contributed by atoms with Gasteiger partial charge in [-0.1, -0.05) is 19.8 Å². The molecule has 6 heteroatoms. The molecule has 2 nitrogen and oxygen atoms in total. The first-order valence-electron chi connectivity index (χ1n) is 6.26. The number of carbonyl (C=O) groups excluding carboxylic acids is 1. The van der Waals surface area contributed by atoms with Gasteiger partial charge in [-0.25, -0.2) is 0 Å². The number of hydrogen-bond acceptors (Lipinski definition) is 3. The van der Waals surface area contributed by atoms with Gasteiger partial charge in [-0.2, -0.15) is 24.9 Å². The fourth-order valence-electron chi connectivity index (χ4n) is 1.28. The Balaban J connectivity index is 3.22. The first-order chi connectivity index (χ1) is 8.45. The lowest BCUT2D eigenvalue weighted by Crippen LogP contribution is -2.09. The summed E-state index contributed by atoms with van der Waals surface area (Å²) in [6.07, 6.45) is -1.33. The minimum atomic E-state index is -4.06. The number of ether oxygens (including phenoxy) is 1. The lowest BCUT2D eigenvalue weighted by atomic mass is 10.2. The molecular weight excluding hydrogens is 265 g/mol. The van der Waals surface area contributed by atoms with Crippen molar-refractivity contribution in [1.29, 1.82) is 0 Å². The van der Waals surface area contributed by atoms with E-state index in [9.17, 15) is 18.0 Å². The molecule has 0 atom stereocenters. The zero-order valence-corrected chi connectivity index (χ0v) is 11.5. The van der Waals surface area contributed by atoms with Crippen molar-refractivity contribution in [2.24, 2.45) is 0 Å². The Morgan fingerprint density at radius 3 is 2.50 bits per heavy atom. The van der Waals surface area contributed by atoms with Crippen molar-refractivity contribution in [3.05, 3.63) is 0 Å². The highest BCUT2D eigenvalue weighted by Gasteiger charge is 2.25. The van der Waals surface area contributed by atoms with E-state index >= 15 is 0 Å². The van der Waals surface area contributed by atoms with Gasteiger partial charge in [0.2, 0.25) is 0 Å². The van der Waals surface area contributed by atoms with E-state index in [0.717, 1.165) is 19.3 Å². The van der Waals surface area contributed by atoms with Crippen LogP contribution in [0, 0.1) is 0 Å². The predicted octanol–water partition coefficient (Wildman–Crippen LogP) is 4.19. The number of thioether (sulfide) groups is 1. The summed E-state index contributed by atoms with van der Waals surface area (Å²) < 4.78 is 40.4. The van der Waals surface area contributed by atoms with Gasteiger partial charge < -0.3 is 4.74 Å². The second kappa shape index (κ2) is 10.5. The number of alkyl halides is 3. The van der Waals surface area contributed by atoms with Crippen LogP contribution in [0.5, 0.6) is 0 Å². The summed E-state index contributed by atoms with van der Waals surface area (Å²) in [6, 6.07) is 0.